The highest BCUT2D eigenvalue weighted by atomic mass is 32.2. The maximum absolute atomic E-state index is 11.1. The molecule has 17 heavy (non-hydrogen) atoms. The van der Waals surface area contributed by atoms with E-state index in [0.29, 0.717) is 6.42 Å². The Hall–Kier alpha value is -0.870. The van der Waals surface area contributed by atoms with Crippen LogP contribution >= 0.6 is 0 Å². The van der Waals surface area contributed by atoms with Crippen LogP contribution in [0.2, 0.25) is 0 Å². The van der Waals surface area contributed by atoms with Crippen molar-refractivity contribution in [3.63, 3.8) is 0 Å². The van der Waals surface area contributed by atoms with Gasteiger partial charge in [-0.2, -0.15) is 0 Å². The molecule has 3 nitrogen and oxygen atoms in total. The summed E-state index contributed by atoms with van der Waals surface area (Å²) in [6.07, 6.45) is 2.48. The van der Waals surface area contributed by atoms with Gasteiger partial charge in [0.05, 0.1) is 5.75 Å². The normalized spacial score (nSPS) is 13.6. The Labute approximate surface area is 103 Å². The van der Waals surface area contributed by atoms with Crippen LogP contribution in [0.15, 0.2) is 24.3 Å². The largest absolute Gasteiger partial charge is 0.396 e. The van der Waals surface area contributed by atoms with Gasteiger partial charge in [0.1, 0.15) is 9.84 Å². The van der Waals surface area contributed by atoms with Crippen LogP contribution in [0, 0.1) is 12.8 Å². The van der Waals surface area contributed by atoms with Gasteiger partial charge in [-0.1, -0.05) is 24.3 Å². The second kappa shape index (κ2) is 6.17. The van der Waals surface area contributed by atoms with Gasteiger partial charge < -0.3 is 5.11 Å². The lowest BCUT2D eigenvalue weighted by molar-refractivity contribution is 0.222. The van der Waals surface area contributed by atoms with Crippen molar-refractivity contribution in [2.75, 3.05) is 18.6 Å². The number of hydrogen-bond acceptors (Lipinski definition) is 3. The molecule has 0 bridgehead atoms. The van der Waals surface area contributed by atoms with E-state index in [4.69, 9.17) is 0 Å². The molecule has 1 N–H and O–H groups in total. The first-order chi connectivity index (χ1) is 7.92. The lowest BCUT2D eigenvalue weighted by Crippen LogP contribution is -2.15. The molecule has 1 rings (SSSR count). The maximum Gasteiger partial charge on any atom is 0.147 e. The Morgan fingerprint density at radius 3 is 2.47 bits per heavy atom. The molecule has 0 saturated carbocycles. The third-order valence-electron chi connectivity index (χ3n) is 2.92. The SMILES string of the molecule is Cc1ccccc1CC(CO)CCS(C)(=O)=O. The molecule has 0 aliphatic heterocycles. The molecule has 0 heterocycles. The van der Waals surface area contributed by atoms with Crippen LogP contribution in [-0.2, 0) is 16.3 Å². The zero-order valence-electron chi connectivity index (χ0n) is 10.4. The number of aliphatic hydroxyl groups is 1. The van der Waals surface area contributed by atoms with Gasteiger partial charge >= 0.3 is 0 Å². The quantitative estimate of drug-likeness (QED) is 0.840. The standard InChI is InChI=1S/C13H20O3S/c1-11-5-3-4-6-13(11)9-12(10-14)7-8-17(2,15)16/h3-6,12,14H,7-10H2,1-2H3. The molecule has 0 spiro atoms. The van der Waals surface area contributed by atoms with E-state index < -0.39 is 9.84 Å². The number of sulfone groups is 1. The smallest absolute Gasteiger partial charge is 0.147 e. The van der Waals surface area contributed by atoms with Crippen molar-refractivity contribution in [1.29, 1.82) is 0 Å². The Kier molecular flexibility index (Phi) is 5.15. The first kappa shape index (κ1) is 14.2. The van der Waals surface area contributed by atoms with E-state index in [9.17, 15) is 13.5 Å². The van der Waals surface area contributed by atoms with Crippen LogP contribution in [0.3, 0.4) is 0 Å². The molecule has 1 aromatic carbocycles. The number of aryl methyl sites for hydroxylation is 1. The van der Waals surface area contributed by atoms with Crippen molar-refractivity contribution in [3.8, 4) is 0 Å². The van der Waals surface area contributed by atoms with E-state index in [1.165, 1.54) is 17.4 Å². The van der Waals surface area contributed by atoms with Crippen LogP contribution in [-0.4, -0.2) is 32.1 Å². The van der Waals surface area contributed by atoms with Gasteiger partial charge in [0.25, 0.3) is 0 Å². The molecule has 0 radical (unpaired) electrons. The summed E-state index contributed by atoms with van der Waals surface area (Å²) < 4.78 is 22.2. The third-order valence-corrected chi connectivity index (χ3v) is 3.90. The predicted octanol–water partition coefficient (Wildman–Crippen LogP) is 1.58. The number of benzene rings is 1. The topological polar surface area (TPSA) is 54.4 Å². The highest BCUT2D eigenvalue weighted by Crippen LogP contribution is 2.16. The minimum atomic E-state index is -2.94. The highest BCUT2D eigenvalue weighted by molar-refractivity contribution is 7.90. The summed E-state index contributed by atoms with van der Waals surface area (Å²) in [6.45, 7) is 2.06. The summed E-state index contributed by atoms with van der Waals surface area (Å²) in [5, 5.41) is 9.28. The Morgan fingerprint density at radius 1 is 1.29 bits per heavy atom. The molecular weight excluding hydrogens is 236 g/mol. The van der Waals surface area contributed by atoms with Crippen molar-refractivity contribution >= 4 is 9.84 Å². The van der Waals surface area contributed by atoms with Gasteiger partial charge in [-0.15, -0.1) is 0 Å². The fourth-order valence-corrected chi connectivity index (χ4v) is 2.55. The van der Waals surface area contributed by atoms with Crippen molar-refractivity contribution in [1.82, 2.24) is 0 Å². The molecule has 0 aromatic heterocycles. The van der Waals surface area contributed by atoms with E-state index in [1.54, 1.807) is 0 Å². The van der Waals surface area contributed by atoms with Gasteiger partial charge in [-0.05, 0) is 36.8 Å². The molecular formula is C13H20O3S. The monoisotopic (exact) mass is 256 g/mol. The van der Waals surface area contributed by atoms with Gasteiger partial charge in [0.2, 0.25) is 0 Å². The van der Waals surface area contributed by atoms with Crippen molar-refractivity contribution < 1.29 is 13.5 Å². The van der Waals surface area contributed by atoms with Crippen LogP contribution in [0.5, 0.6) is 0 Å². The fourth-order valence-electron chi connectivity index (χ4n) is 1.79. The van der Waals surface area contributed by atoms with E-state index in [-0.39, 0.29) is 18.3 Å². The number of hydrogen-bond donors (Lipinski definition) is 1. The minimum absolute atomic E-state index is 0.0193. The van der Waals surface area contributed by atoms with Gasteiger partial charge in [-0.3, -0.25) is 0 Å². The highest BCUT2D eigenvalue weighted by Gasteiger charge is 2.13. The molecule has 0 aliphatic rings. The molecule has 1 aromatic rings. The summed E-state index contributed by atoms with van der Waals surface area (Å²) in [5.41, 5.74) is 2.37. The van der Waals surface area contributed by atoms with Gasteiger partial charge in [0, 0.05) is 12.9 Å². The molecule has 0 fully saturated rings. The molecule has 1 unspecified atom stereocenters. The number of rotatable bonds is 6. The zero-order chi connectivity index (χ0) is 12.9. The van der Waals surface area contributed by atoms with Crippen molar-refractivity contribution in [2.24, 2.45) is 5.92 Å². The van der Waals surface area contributed by atoms with Crippen LogP contribution in [0.1, 0.15) is 17.5 Å². The van der Waals surface area contributed by atoms with Crippen LogP contribution < -0.4 is 0 Å². The predicted molar refractivity (Wildman–Crippen MR) is 69.8 cm³/mol. The first-order valence-corrected chi connectivity index (χ1v) is 7.81. The number of aliphatic hydroxyl groups excluding tert-OH is 1. The lowest BCUT2D eigenvalue weighted by Gasteiger charge is -2.15. The van der Waals surface area contributed by atoms with Crippen molar-refractivity contribution in [2.45, 2.75) is 19.8 Å². The van der Waals surface area contributed by atoms with Crippen LogP contribution in [0.25, 0.3) is 0 Å². The summed E-state index contributed by atoms with van der Waals surface area (Å²) in [7, 11) is -2.94. The summed E-state index contributed by atoms with van der Waals surface area (Å²) in [5.74, 6) is 0.162. The molecule has 0 aliphatic carbocycles. The Balaban J connectivity index is 2.61. The third kappa shape index (κ3) is 5.33. The van der Waals surface area contributed by atoms with E-state index >= 15 is 0 Å². The summed E-state index contributed by atoms with van der Waals surface area (Å²) in [6, 6.07) is 8.00. The average Bonchev–Trinajstić information content (AvgIpc) is 2.25. The van der Waals surface area contributed by atoms with E-state index in [1.807, 2.05) is 31.2 Å². The van der Waals surface area contributed by atoms with Crippen LogP contribution in [0.4, 0.5) is 0 Å². The molecule has 96 valence electrons. The zero-order valence-corrected chi connectivity index (χ0v) is 11.2. The Morgan fingerprint density at radius 2 is 1.94 bits per heavy atom. The second-order valence-electron chi connectivity index (χ2n) is 4.60. The van der Waals surface area contributed by atoms with E-state index in [2.05, 4.69) is 0 Å². The lowest BCUT2D eigenvalue weighted by atomic mass is 9.95. The Bertz CT molecular complexity index is 451. The first-order valence-electron chi connectivity index (χ1n) is 5.75. The maximum atomic E-state index is 11.1. The molecule has 4 heteroatoms. The second-order valence-corrected chi connectivity index (χ2v) is 6.86. The van der Waals surface area contributed by atoms with Crippen molar-refractivity contribution in [3.05, 3.63) is 35.4 Å². The van der Waals surface area contributed by atoms with Gasteiger partial charge in [-0.25, -0.2) is 8.42 Å². The summed E-state index contributed by atoms with van der Waals surface area (Å²) in [4.78, 5) is 0. The average molecular weight is 256 g/mol. The van der Waals surface area contributed by atoms with E-state index in [0.717, 1.165) is 6.42 Å². The minimum Gasteiger partial charge on any atom is -0.396 e. The molecule has 0 saturated heterocycles. The summed E-state index contributed by atoms with van der Waals surface area (Å²) >= 11 is 0. The van der Waals surface area contributed by atoms with Gasteiger partial charge in [0.15, 0.2) is 0 Å². The fraction of sp³-hybridized carbons (Fsp3) is 0.538. The molecule has 0 amide bonds. The molecule has 1 atom stereocenters.